The zero-order valence-corrected chi connectivity index (χ0v) is 19.2. The van der Waals surface area contributed by atoms with Crippen LogP contribution in [0.3, 0.4) is 0 Å². The number of benzene rings is 1. The predicted octanol–water partition coefficient (Wildman–Crippen LogP) is 4.39. The molecule has 0 unspecified atom stereocenters. The van der Waals surface area contributed by atoms with Crippen LogP contribution in [0.5, 0.6) is 0 Å². The van der Waals surface area contributed by atoms with Gasteiger partial charge in [-0.05, 0) is 31.5 Å². The molecule has 0 atom stereocenters. The van der Waals surface area contributed by atoms with Crippen LogP contribution >= 0.6 is 51.2 Å². The largest absolute Gasteiger partial charge is 0.356 e. The fourth-order valence-corrected chi connectivity index (χ4v) is 3.62. The van der Waals surface area contributed by atoms with E-state index >= 15 is 0 Å². The zero-order valence-electron chi connectivity index (χ0n) is 14.5. The maximum absolute atomic E-state index is 4.47. The van der Waals surface area contributed by atoms with E-state index in [2.05, 4.69) is 81.3 Å². The van der Waals surface area contributed by atoms with Crippen molar-refractivity contribution < 1.29 is 0 Å². The Hall–Kier alpha value is -0.670. The van der Waals surface area contributed by atoms with Gasteiger partial charge >= 0.3 is 0 Å². The molecule has 0 fully saturated rings. The molecule has 132 valence electrons. The summed E-state index contributed by atoms with van der Waals surface area (Å²) in [6.45, 7) is 5.82. The molecular formula is C17H24BrIN4S. The third-order valence-electron chi connectivity index (χ3n) is 3.54. The summed E-state index contributed by atoms with van der Waals surface area (Å²) in [5.41, 5.74) is 2.40. The molecular weight excluding hydrogens is 499 g/mol. The van der Waals surface area contributed by atoms with E-state index in [0.29, 0.717) is 0 Å². The molecule has 0 aliphatic heterocycles. The van der Waals surface area contributed by atoms with Gasteiger partial charge in [0.05, 0.1) is 10.7 Å². The Labute approximate surface area is 173 Å². The standard InChI is InChI=1S/C17H23BrN4S.HI/c1-12-16(23-13(2)21-12)9-10-20-17(19-3)22(4)11-14-5-7-15(18)8-6-14;/h5-8H,9-11H2,1-4H3,(H,19,20);1H. The highest BCUT2D eigenvalue weighted by atomic mass is 127. The van der Waals surface area contributed by atoms with Gasteiger partial charge in [-0.2, -0.15) is 0 Å². The number of nitrogens with zero attached hydrogens (tertiary/aromatic N) is 3. The molecule has 1 aromatic heterocycles. The third-order valence-corrected chi connectivity index (χ3v) is 5.20. The van der Waals surface area contributed by atoms with E-state index in [1.54, 1.807) is 11.3 Å². The number of hydrogen-bond acceptors (Lipinski definition) is 3. The summed E-state index contributed by atoms with van der Waals surface area (Å²) < 4.78 is 1.10. The van der Waals surface area contributed by atoms with Crippen LogP contribution in [-0.4, -0.2) is 36.5 Å². The van der Waals surface area contributed by atoms with Crippen molar-refractivity contribution in [3.8, 4) is 0 Å². The van der Waals surface area contributed by atoms with Crippen molar-refractivity contribution in [2.24, 2.45) is 4.99 Å². The van der Waals surface area contributed by atoms with E-state index in [4.69, 9.17) is 0 Å². The fourth-order valence-electron chi connectivity index (χ4n) is 2.42. The van der Waals surface area contributed by atoms with Crippen molar-refractivity contribution in [1.29, 1.82) is 0 Å². The monoisotopic (exact) mass is 522 g/mol. The second-order valence-electron chi connectivity index (χ2n) is 5.45. The SMILES string of the molecule is CN=C(NCCc1sc(C)nc1C)N(C)Cc1ccc(Br)cc1.I. The maximum atomic E-state index is 4.47. The molecule has 4 nitrogen and oxygen atoms in total. The van der Waals surface area contributed by atoms with E-state index in [-0.39, 0.29) is 24.0 Å². The molecule has 7 heteroatoms. The van der Waals surface area contributed by atoms with E-state index in [0.717, 1.165) is 40.6 Å². The number of nitrogens with one attached hydrogen (secondary N) is 1. The van der Waals surface area contributed by atoms with Crippen LogP contribution in [0, 0.1) is 13.8 Å². The molecule has 1 aromatic carbocycles. The number of guanidine groups is 1. The van der Waals surface area contributed by atoms with Gasteiger partial charge in [-0.15, -0.1) is 35.3 Å². The highest BCUT2D eigenvalue weighted by Crippen LogP contribution is 2.17. The summed E-state index contributed by atoms with van der Waals surface area (Å²) in [4.78, 5) is 12.3. The average Bonchev–Trinajstić information content (AvgIpc) is 2.84. The van der Waals surface area contributed by atoms with Crippen LogP contribution in [-0.2, 0) is 13.0 Å². The molecule has 0 spiro atoms. The Morgan fingerprint density at radius 2 is 1.96 bits per heavy atom. The molecule has 0 aliphatic carbocycles. The molecule has 0 radical (unpaired) electrons. The lowest BCUT2D eigenvalue weighted by Gasteiger charge is -2.22. The summed E-state index contributed by atoms with van der Waals surface area (Å²) in [7, 11) is 3.88. The van der Waals surface area contributed by atoms with Crippen LogP contribution in [0.4, 0.5) is 0 Å². The average molecular weight is 523 g/mol. The number of thiazole rings is 1. The van der Waals surface area contributed by atoms with Crippen molar-refractivity contribution in [2.45, 2.75) is 26.8 Å². The van der Waals surface area contributed by atoms with E-state index < -0.39 is 0 Å². The zero-order chi connectivity index (χ0) is 16.8. The minimum Gasteiger partial charge on any atom is -0.356 e. The first kappa shape index (κ1) is 21.4. The molecule has 0 saturated carbocycles. The minimum atomic E-state index is 0. The topological polar surface area (TPSA) is 40.5 Å². The summed E-state index contributed by atoms with van der Waals surface area (Å²) in [5.74, 6) is 0.909. The van der Waals surface area contributed by atoms with Crippen molar-refractivity contribution in [2.75, 3.05) is 20.6 Å². The second kappa shape index (κ2) is 10.4. The van der Waals surface area contributed by atoms with Gasteiger partial charge in [-0.3, -0.25) is 4.99 Å². The first-order chi connectivity index (χ1) is 11.0. The Bertz CT molecular complexity index is 670. The Kier molecular flexibility index (Phi) is 9.22. The summed E-state index contributed by atoms with van der Waals surface area (Å²) in [6.07, 6.45) is 0.975. The number of aromatic nitrogens is 1. The van der Waals surface area contributed by atoms with Crippen molar-refractivity contribution in [3.05, 3.63) is 49.9 Å². The van der Waals surface area contributed by atoms with Gasteiger partial charge in [0.15, 0.2) is 5.96 Å². The Morgan fingerprint density at radius 1 is 1.29 bits per heavy atom. The second-order valence-corrected chi connectivity index (χ2v) is 7.65. The quantitative estimate of drug-likeness (QED) is 0.359. The third kappa shape index (κ3) is 6.33. The number of halogens is 2. The molecule has 1 heterocycles. The molecule has 2 aromatic rings. The molecule has 0 aliphatic rings. The smallest absolute Gasteiger partial charge is 0.193 e. The first-order valence-electron chi connectivity index (χ1n) is 7.58. The van der Waals surface area contributed by atoms with Crippen molar-refractivity contribution >= 4 is 57.2 Å². The molecule has 0 saturated heterocycles. The lowest BCUT2D eigenvalue weighted by atomic mass is 10.2. The van der Waals surface area contributed by atoms with Gasteiger partial charge in [0.25, 0.3) is 0 Å². The normalized spacial score (nSPS) is 11.1. The lowest BCUT2D eigenvalue weighted by molar-refractivity contribution is 0.477. The van der Waals surface area contributed by atoms with E-state index in [9.17, 15) is 0 Å². The van der Waals surface area contributed by atoms with E-state index in [1.807, 2.05) is 7.05 Å². The minimum absolute atomic E-state index is 0. The Balaban J connectivity index is 0.00000288. The fraction of sp³-hybridized carbons (Fsp3) is 0.412. The van der Waals surface area contributed by atoms with Gasteiger partial charge in [0.1, 0.15) is 0 Å². The first-order valence-corrected chi connectivity index (χ1v) is 9.19. The van der Waals surface area contributed by atoms with Crippen LogP contribution in [0.1, 0.15) is 21.1 Å². The summed E-state index contributed by atoms with van der Waals surface area (Å²) >= 11 is 5.24. The van der Waals surface area contributed by atoms with Gasteiger partial charge in [0.2, 0.25) is 0 Å². The molecule has 0 bridgehead atoms. The summed E-state index contributed by atoms with van der Waals surface area (Å²) in [6, 6.07) is 8.37. The van der Waals surface area contributed by atoms with Crippen LogP contribution < -0.4 is 5.32 Å². The van der Waals surface area contributed by atoms with Crippen LogP contribution in [0.15, 0.2) is 33.7 Å². The van der Waals surface area contributed by atoms with Gasteiger partial charge in [-0.25, -0.2) is 4.98 Å². The van der Waals surface area contributed by atoms with Gasteiger partial charge in [-0.1, -0.05) is 28.1 Å². The summed E-state index contributed by atoms with van der Waals surface area (Å²) in [5, 5.41) is 4.56. The van der Waals surface area contributed by atoms with Gasteiger partial charge < -0.3 is 10.2 Å². The number of hydrogen-bond donors (Lipinski definition) is 1. The highest BCUT2D eigenvalue weighted by Gasteiger charge is 2.08. The number of aliphatic imine (C=N–C) groups is 1. The predicted molar refractivity (Wildman–Crippen MR) is 118 cm³/mol. The Morgan fingerprint density at radius 3 is 2.50 bits per heavy atom. The molecule has 1 N–H and O–H groups in total. The van der Waals surface area contributed by atoms with Crippen LogP contribution in [0.25, 0.3) is 0 Å². The molecule has 24 heavy (non-hydrogen) atoms. The number of aryl methyl sites for hydroxylation is 2. The lowest BCUT2D eigenvalue weighted by Crippen LogP contribution is -2.39. The molecule has 2 rings (SSSR count). The maximum Gasteiger partial charge on any atom is 0.193 e. The highest BCUT2D eigenvalue weighted by molar-refractivity contribution is 14.0. The van der Waals surface area contributed by atoms with Crippen molar-refractivity contribution in [3.63, 3.8) is 0 Å². The molecule has 0 amide bonds. The number of rotatable bonds is 5. The van der Waals surface area contributed by atoms with Crippen LogP contribution in [0.2, 0.25) is 0 Å². The van der Waals surface area contributed by atoms with E-state index in [1.165, 1.54) is 10.4 Å². The van der Waals surface area contributed by atoms with Gasteiger partial charge in [0, 0.05) is 43.0 Å². The van der Waals surface area contributed by atoms with Crippen molar-refractivity contribution in [1.82, 2.24) is 15.2 Å².